The van der Waals surface area contributed by atoms with Crippen LogP contribution in [0.1, 0.15) is 103 Å². The van der Waals surface area contributed by atoms with Gasteiger partial charge in [0, 0.05) is 35.5 Å². The lowest BCUT2D eigenvalue weighted by molar-refractivity contribution is -0.138. The van der Waals surface area contributed by atoms with E-state index in [0.717, 1.165) is 46.5 Å². The average Bonchev–Trinajstić information content (AvgIpc) is 3.86. The minimum Gasteiger partial charge on any atom is -0.481 e. The summed E-state index contributed by atoms with van der Waals surface area (Å²) in [4.78, 5) is 44.6. The number of benzene rings is 2. The monoisotopic (exact) mass is 715 g/mol. The molecule has 2 unspecified atom stereocenters. The van der Waals surface area contributed by atoms with E-state index in [9.17, 15) is 32.7 Å². The van der Waals surface area contributed by atoms with Crippen molar-refractivity contribution in [2.24, 2.45) is 10.9 Å². The molecule has 1 aliphatic carbocycles. The Labute approximate surface area is 295 Å². The van der Waals surface area contributed by atoms with Crippen LogP contribution in [0.2, 0.25) is 0 Å². The van der Waals surface area contributed by atoms with Crippen LogP contribution in [0.4, 0.5) is 22.0 Å². The Bertz CT molecular complexity index is 1850. The fourth-order valence-corrected chi connectivity index (χ4v) is 6.71. The summed E-state index contributed by atoms with van der Waals surface area (Å²) in [6.07, 6.45) is -1.20. The third-order valence-corrected chi connectivity index (χ3v) is 9.27. The zero-order chi connectivity index (χ0) is 37.9. The molecule has 0 spiro atoms. The number of carboxylic acid groups (broad SMARTS) is 1. The molecule has 0 aliphatic heterocycles. The lowest BCUT2D eigenvalue weighted by atomic mass is 9.86. The molecule has 1 saturated carbocycles. The SMILES string of the molecule is Cc1cc(-c2c(C)cc(C3CC3)cc2C)c(F)c(C(/C=N/C(=O)C(CC(C)C)n2cc(CCCN(C)C)c(C(F)(F)F)cc2=O)CC(=O)O)c1F. The van der Waals surface area contributed by atoms with Crippen molar-refractivity contribution in [3.05, 3.63) is 91.4 Å². The number of alkyl halides is 3. The minimum absolute atomic E-state index is 0.00883. The third kappa shape index (κ3) is 9.58. The molecule has 12 heteroatoms. The maximum absolute atomic E-state index is 16.5. The number of carboxylic acids is 1. The minimum atomic E-state index is -4.80. The van der Waals surface area contributed by atoms with Crippen molar-refractivity contribution >= 4 is 18.1 Å². The van der Waals surface area contributed by atoms with Crippen molar-refractivity contribution < 1.29 is 36.6 Å². The van der Waals surface area contributed by atoms with E-state index in [-0.39, 0.29) is 35.4 Å². The third-order valence-electron chi connectivity index (χ3n) is 9.27. The summed E-state index contributed by atoms with van der Waals surface area (Å²) in [6.45, 7) is 9.12. The average molecular weight is 716 g/mol. The van der Waals surface area contributed by atoms with Crippen molar-refractivity contribution in [2.45, 2.75) is 97.2 Å². The predicted molar refractivity (Wildman–Crippen MR) is 188 cm³/mol. The second-order valence-corrected chi connectivity index (χ2v) is 14.4. The molecule has 1 fully saturated rings. The van der Waals surface area contributed by atoms with Crippen LogP contribution in [0, 0.1) is 38.3 Å². The summed E-state index contributed by atoms with van der Waals surface area (Å²) in [5.74, 6) is -5.62. The van der Waals surface area contributed by atoms with E-state index in [1.807, 2.05) is 30.9 Å². The first-order chi connectivity index (χ1) is 23.8. The molecular formula is C39H46F5N3O4. The highest BCUT2D eigenvalue weighted by molar-refractivity contribution is 5.91. The van der Waals surface area contributed by atoms with Crippen molar-refractivity contribution in [1.29, 1.82) is 0 Å². The molecule has 2 atom stereocenters. The Morgan fingerprint density at radius 1 is 1.02 bits per heavy atom. The van der Waals surface area contributed by atoms with Gasteiger partial charge in [-0.25, -0.2) is 13.8 Å². The first-order valence-electron chi connectivity index (χ1n) is 17.2. The van der Waals surface area contributed by atoms with E-state index in [1.165, 1.54) is 13.0 Å². The van der Waals surface area contributed by atoms with Crippen LogP contribution in [0.3, 0.4) is 0 Å². The number of aryl methyl sites for hydroxylation is 4. The van der Waals surface area contributed by atoms with Gasteiger partial charge in [0.25, 0.3) is 11.5 Å². The molecule has 276 valence electrons. The molecule has 2 aromatic carbocycles. The lowest BCUT2D eigenvalue weighted by Crippen LogP contribution is -2.32. The Kier molecular flexibility index (Phi) is 12.4. The highest BCUT2D eigenvalue weighted by Gasteiger charge is 2.36. The van der Waals surface area contributed by atoms with Crippen LogP contribution in [0.25, 0.3) is 11.1 Å². The number of halogens is 5. The smallest absolute Gasteiger partial charge is 0.416 e. The maximum atomic E-state index is 16.5. The van der Waals surface area contributed by atoms with Crippen LogP contribution in [-0.4, -0.2) is 53.3 Å². The van der Waals surface area contributed by atoms with Gasteiger partial charge in [0.2, 0.25) is 0 Å². The Balaban J connectivity index is 1.79. The van der Waals surface area contributed by atoms with Gasteiger partial charge >= 0.3 is 12.1 Å². The van der Waals surface area contributed by atoms with Gasteiger partial charge in [-0.15, -0.1) is 0 Å². The van der Waals surface area contributed by atoms with Crippen LogP contribution in [0.15, 0.2) is 40.2 Å². The van der Waals surface area contributed by atoms with Gasteiger partial charge < -0.3 is 14.6 Å². The number of hydrogen-bond donors (Lipinski definition) is 1. The van der Waals surface area contributed by atoms with Gasteiger partial charge in [0.05, 0.1) is 12.0 Å². The van der Waals surface area contributed by atoms with E-state index in [4.69, 9.17) is 0 Å². The first kappa shape index (κ1) is 39.6. The summed E-state index contributed by atoms with van der Waals surface area (Å²) < 4.78 is 75.1. The number of rotatable bonds is 14. The number of amides is 1. The zero-order valence-corrected chi connectivity index (χ0v) is 30.1. The Morgan fingerprint density at radius 3 is 2.18 bits per heavy atom. The van der Waals surface area contributed by atoms with Gasteiger partial charge in [0.1, 0.15) is 17.7 Å². The number of pyridine rings is 1. The normalized spacial score (nSPS) is 14.9. The number of carbonyl (C=O) groups excluding carboxylic acids is 1. The number of hydrogen-bond acceptors (Lipinski definition) is 4. The molecule has 0 bridgehead atoms. The Morgan fingerprint density at radius 2 is 1.65 bits per heavy atom. The Hall–Kier alpha value is -4.19. The molecule has 1 heterocycles. The summed E-state index contributed by atoms with van der Waals surface area (Å²) in [6, 6.07) is 4.47. The molecule has 4 rings (SSSR count). The molecular weight excluding hydrogens is 669 g/mol. The molecule has 1 amide bonds. The summed E-state index contributed by atoms with van der Waals surface area (Å²) >= 11 is 0. The van der Waals surface area contributed by atoms with Gasteiger partial charge in [0.15, 0.2) is 0 Å². The molecule has 51 heavy (non-hydrogen) atoms. The molecule has 1 aromatic heterocycles. The lowest BCUT2D eigenvalue weighted by Gasteiger charge is -2.22. The molecule has 0 saturated heterocycles. The predicted octanol–water partition coefficient (Wildman–Crippen LogP) is 8.55. The van der Waals surface area contributed by atoms with E-state index >= 15 is 8.78 Å². The molecule has 3 aromatic rings. The molecule has 1 N–H and O–H groups in total. The zero-order valence-electron chi connectivity index (χ0n) is 30.1. The molecule has 0 radical (unpaired) electrons. The maximum Gasteiger partial charge on any atom is 0.416 e. The van der Waals surface area contributed by atoms with Crippen molar-refractivity contribution in [3.63, 3.8) is 0 Å². The van der Waals surface area contributed by atoms with Crippen molar-refractivity contribution in [1.82, 2.24) is 9.47 Å². The van der Waals surface area contributed by atoms with Gasteiger partial charge in [-0.3, -0.25) is 14.4 Å². The van der Waals surface area contributed by atoms with Crippen molar-refractivity contribution in [3.8, 4) is 11.1 Å². The van der Waals surface area contributed by atoms with E-state index in [1.54, 1.807) is 27.9 Å². The number of nitrogens with zero attached hydrogens (tertiary/aromatic N) is 3. The standard InChI is InChI=1S/C39H46F5N3O4/c1-21(2)13-31(47-20-26(9-8-12-46(6)7)30(18-32(47)48)39(42,43)44)38(51)45-19-28(17-33(49)50)35-36(40)24(5)16-29(37(35)41)34-22(3)14-27(15-23(34)4)25-10-11-25/h14-16,18-21,25,28,31H,8-13,17H2,1-7H3,(H,49,50)/b45-19+. The number of carbonyl (C=O) groups is 2. The molecule has 1 aliphatic rings. The van der Waals surface area contributed by atoms with E-state index in [2.05, 4.69) is 4.99 Å². The van der Waals surface area contributed by atoms with Crippen LogP contribution >= 0.6 is 0 Å². The van der Waals surface area contributed by atoms with Gasteiger partial charge in [-0.05, 0) is 125 Å². The van der Waals surface area contributed by atoms with Gasteiger partial charge in [-0.1, -0.05) is 26.0 Å². The molecule has 7 nitrogen and oxygen atoms in total. The summed E-state index contributed by atoms with van der Waals surface area (Å²) in [7, 11) is 3.56. The fraction of sp³-hybridized carbons (Fsp3) is 0.487. The summed E-state index contributed by atoms with van der Waals surface area (Å²) in [5.41, 5.74) is 0.553. The highest BCUT2D eigenvalue weighted by Crippen LogP contribution is 2.44. The van der Waals surface area contributed by atoms with E-state index < -0.39 is 64.8 Å². The van der Waals surface area contributed by atoms with Crippen LogP contribution < -0.4 is 5.56 Å². The number of aromatic nitrogens is 1. The van der Waals surface area contributed by atoms with Crippen molar-refractivity contribution in [2.75, 3.05) is 20.6 Å². The fourth-order valence-electron chi connectivity index (χ4n) is 6.71. The quantitative estimate of drug-likeness (QED) is 0.133. The highest BCUT2D eigenvalue weighted by atomic mass is 19.4. The first-order valence-corrected chi connectivity index (χ1v) is 17.2. The van der Waals surface area contributed by atoms with Crippen LogP contribution in [0.5, 0.6) is 0 Å². The van der Waals surface area contributed by atoms with Crippen LogP contribution in [-0.2, 0) is 22.2 Å². The van der Waals surface area contributed by atoms with E-state index in [0.29, 0.717) is 30.5 Å². The topological polar surface area (TPSA) is 92.0 Å². The number of aliphatic carboxylic acids is 1. The second-order valence-electron chi connectivity index (χ2n) is 14.4. The number of aliphatic imine (C=N–C) groups is 1. The second kappa shape index (κ2) is 16.0. The largest absolute Gasteiger partial charge is 0.481 e. The van der Waals surface area contributed by atoms with Gasteiger partial charge in [-0.2, -0.15) is 13.2 Å². The summed E-state index contributed by atoms with van der Waals surface area (Å²) in [5, 5.41) is 9.76.